The van der Waals surface area contributed by atoms with Crippen molar-refractivity contribution in [1.29, 1.82) is 0 Å². The molecule has 1 heterocycles. The van der Waals surface area contributed by atoms with E-state index in [4.69, 9.17) is 9.47 Å². The average molecular weight is 327 g/mol. The van der Waals surface area contributed by atoms with E-state index < -0.39 is 10.0 Å². The minimum absolute atomic E-state index is 0.00632. The Bertz CT molecular complexity index is 625. The van der Waals surface area contributed by atoms with Gasteiger partial charge in [-0.25, -0.2) is 8.42 Å². The maximum Gasteiger partial charge on any atom is 0.243 e. The van der Waals surface area contributed by atoms with E-state index in [-0.39, 0.29) is 6.10 Å². The van der Waals surface area contributed by atoms with E-state index in [2.05, 4.69) is 0 Å². The number of benzene rings is 1. The van der Waals surface area contributed by atoms with Crippen LogP contribution in [0.2, 0.25) is 0 Å². The molecule has 6 heteroatoms. The molecule has 0 N–H and O–H groups in total. The molecule has 0 amide bonds. The number of nitrogens with zero attached hydrogens (tertiary/aromatic N) is 1. The van der Waals surface area contributed by atoms with Crippen LogP contribution < -0.4 is 4.74 Å². The molecule has 0 radical (unpaired) electrons. The lowest BCUT2D eigenvalue weighted by atomic mass is 10.1. The third-order valence-corrected chi connectivity index (χ3v) is 6.06. The zero-order chi connectivity index (χ0) is 16.3. The van der Waals surface area contributed by atoms with Crippen LogP contribution in [0.1, 0.15) is 30.9 Å². The number of hydrogen-bond acceptors (Lipinski definition) is 4. The van der Waals surface area contributed by atoms with Crippen LogP contribution in [0.25, 0.3) is 0 Å². The summed E-state index contributed by atoms with van der Waals surface area (Å²) >= 11 is 0. The van der Waals surface area contributed by atoms with Gasteiger partial charge in [0.05, 0.1) is 18.1 Å². The monoisotopic (exact) mass is 327 g/mol. The van der Waals surface area contributed by atoms with Crippen molar-refractivity contribution < 1.29 is 17.9 Å². The molecule has 0 spiro atoms. The SMILES string of the molecule is CCOC1CCCN(S(=O)(=O)c2cc(C)c(OC)cc2C)C1. The molecule has 2 rings (SSSR count). The molecule has 1 aliphatic rings. The van der Waals surface area contributed by atoms with Crippen molar-refractivity contribution in [2.45, 2.75) is 44.6 Å². The van der Waals surface area contributed by atoms with Crippen molar-refractivity contribution in [1.82, 2.24) is 4.31 Å². The maximum atomic E-state index is 12.9. The number of aryl methyl sites for hydroxylation is 2. The number of piperidine rings is 1. The number of hydrogen-bond donors (Lipinski definition) is 0. The highest BCUT2D eigenvalue weighted by Gasteiger charge is 2.31. The van der Waals surface area contributed by atoms with Crippen LogP contribution >= 0.6 is 0 Å². The van der Waals surface area contributed by atoms with E-state index in [1.54, 1.807) is 30.5 Å². The standard InChI is InChI=1S/C16H25NO4S/c1-5-21-14-7-6-8-17(11-14)22(18,19)16-10-12(2)15(20-4)9-13(16)3/h9-10,14H,5-8,11H2,1-4H3. The summed E-state index contributed by atoms with van der Waals surface area (Å²) in [5.74, 6) is 0.710. The molecule has 1 fully saturated rings. The molecule has 1 unspecified atom stereocenters. The first-order valence-corrected chi connectivity index (χ1v) is 9.11. The van der Waals surface area contributed by atoms with Crippen LogP contribution in [0.15, 0.2) is 17.0 Å². The predicted molar refractivity (Wildman–Crippen MR) is 85.9 cm³/mol. The third kappa shape index (κ3) is 3.45. The summed E-state index contributed by atoms with van der Waals surface area (Å²) in [7, 11) is -1.90. The lowest BCUT2D eigenvalue weighted by Crippen LogP contribution is -2.43. The first kappa shape index (κ1) is 17.2. The normalized spacial score (nSPS) is 20.1. The molecule has 22 heavy (non-hydrogen) atoms. The van der Waals surface area contributed by atoms with Crippen molar-refractivity contribution in [3.05, 3.63) is 23.3 Å². The third-order valence-electron chi connectivity index (χ3n) is 4.05. The number of methoxy groups -OCH3 is 1. The summed E-state index contributed by atoms with van der Waals surface area (Å²) < 4.78 is 38.3. The van der Waals surface area contributed by atoms with E-state index >= 15 is 0 Å². The molecule has 0 aliphatic carbocycles. The summed E-state index contributed by atoms with van der Waals surface area (Å²) in [6.07, 6.45) is 1.74. The maximum absolute atomic E-state index is 12.9. The second-order valence-electron chi connectivity index (χ2n) is 5.67. The minimum atomic E-state index is -3.49. The Morgan fingerprint density at radius 1 is 1.27 bits per heavy atom. The Balaban J connectivity index is 2.32. The van der Waals surface area contributed by atoms with E-state index in [9.17, 15) is 8.42 Å². The molecule has 1 saturated heterocycles. The quantitative estimate of drug-likeness (QED) is 0.834. The summed E-state index contributed by atoms with van der Waals surface area (Å²) in [6.45, 7) is 7.19. The largest absolute Gasteiger partial charge is 0.496 e. The zero-order valence-corrected chi connectivity index (χ0v) is 14.6. The van der Waals surface area contributed by atoms with Gasteiger partial charge in [0.2, 0.25) is 10.0 Å². The predicted octanol–water partition coefficient (Wildman–Crippen LogP) is 2.50. The second-order valence-corrected chi connectivity index (χ2v) is 7.58. The molecular formula is C16H25NO4S. The molecule has 5 nitrogen and oxygen atoms in total. The molecule has 0 bridgehead atoms. The molecular weight excluding hydrogens is 302 g/mol. The highest BCUT2D eigenvalue weighted by Crippen LogP contribution is 2.29. The van der Waals surface area contributed by atoms with Crippen molar-refractivity contribution in [3.8, 4) is 5.75 Å². The molecule has 1 aliphatic heterocycles. The topological polar surface area (TPSA) is 55.8 Å². The van der Waals surface area contributed by atoms with Crippen LogP contribution in [0.5, 0.6) is 5.75 Å². The summed E-state index contributed by atoms with van der Waals surface area (Å²) in [6, 6.07) is 3.49. The van der Waals surface area contributed by atoms with E-state index in [0.29, 0.717) is 35.9 Å². The van der Waals surface area contributed by atoms with E-state index in [1.807, 2.05) is 13.8 Å². The lowest BCUT2D eigenvalue weighted by molar-refractivity contribution is 0.0265. The fraction of sp³-hybridized carbons (Fsp3) is 0.625. The zero-order valence-electron chi connectivity index (χ0n) is 13.8. The van der Waals surface area contributed by atoms with Gasteiger partial charge in [-0.2, -0.15) is 4.31 Å². The lowest BCUT2D eigenvalue weighted by Gasteiger charge is -2.32. The van der Waals surface area contributed by atoms with E-state index in [1.165, 1.54) is 0 Å². The van der Waals surface area contributed by atoms with Crippen molar-refractivity contribution in [3.63, 3.8) is 0 Å². The molecule has 1 aromatic carbocycles. The van der Waals surface area contributed by atoms with Gasteiger partial charge in [0.1, 0.15) is 5.75 Å². The molecule has 1 atom stereocenters. The van der Waals surface area contributed by atoms with Gasteiger partial charge in [0.15, 0.2) is 0 Å². The molecule has 0 saturated carbocycles. The smallest absolute Gasteiger partial charge is 0.243 e. The van der Waals surface area contributed by atoms with Crippen molar-refractivity contribution in [2.75, 3.05) is 26.8 Å². The highest BCUT2D eigenvalue weighted by atomic mass is 32.2. The Morgan fingerprint density at radius 3 is 2.64 bits per heavy atom. The van der Waals surface area contributed by atoms with Gasteiger partial charge in [-0.05, 0) is 56.9 Å². The van der Waals surface area contributed by atoms with Gasteiger partial charge >= 0.3 is 0 Å². The van der Waals surface area contributed by atoms with Crippen LogP contribution in [0, 0.1) is 13.8 Å². The van der Waals surface area contributed by atoms with Crippen LogP contribution in [0.4, 0.5) is 0 Å². The van der Waals surface area contributed by atoms with Crippen molar-refractivity contribution in [2.24, 2.45) is 0 Å². The summed E-state index contributed by atoms with van der Waals surface area (Å²) in [5.41, 5.74) is 1.53. The van der Waals surface area contributed by atoms with Gasteiger partial charge in [0, 0.05) is 19.7 Å². The van der Waals surface area contributed by atoms with Crippen LogP contribution in [-0.4, -0.2) is 45.6 Å². The number of ether oxygens (including phenoxy) is 2. The Hall–Kier alpha value is -1.11. The minimum Gasteiger partial charge on any atom is -0.496 e. The highest BCUT2D eigenvalue weighted by molar-refractivity contribution is 7.89. The van der Waals surface area contributed by atoms with Gasteiger partial charge in [-0.1, -0.05) is 0 Å². The molecule has 1 aromatic rings. The Kier molecular flexibility index (Phi) is 5.47. The molecule has 0 aromatic heterocycles. The van der Waals surface area contributed by atoms with Crippen molar-refractivity contribution >= 4 is 10.0 Å². The fourth-order valence-electron chi connectivity index (χ4n) is 2.90. The van der Waals surface area contributed by atoms with Gasteiger partial charge in [-0.3, -0.25) is 0 Å². The first-order chi connectivity index (χ1) is 10.4. The van der Waals surface area contributed by atoms with Crippen LogP contribution in [-0.2, 0) is 14.8 Å². The fourth-order valence-corrected chi connectivity index (χ4v) is 4.70. The van der Waals surface area contributed by atoms with Gasteiger partial charge in [0.25, 0.3) is 0 Å². The Morgan fingerprint density at radius 2 is 2.00 bits per heavy atom. The van der Waals surface area contributed by atoms with E-state index in [0.717, 1.165) is 18.4 Å². The second kappa shape index (κ2) is 6.98. The summed E-state index contributed by atoms with van der Waals surface area (Å²) in [4.78, 5) is 0.364. The number of rotatable bonds is 5. The number of sulfonamides is 1. The van der Waals surface area contributed by atoms with Gasteiger partial charge < -0.3 is 9.47 Å². The summed E-state index contributed by atoms with van der Waals surface area (Å²) in [5, 5.41) is 0. The first-order valence-electron chi connectivity index (χ1n) is 7.67. The van der Waals surface area contributed by atoms with Gasteiger partial charge in [-0.15, -0.1) is 0 Å². The van der Waals surface area contributed by atoms with Crippen LogP contribution in [0.3, 0.4) is 0 Å². The molecule has 124 valence electrons. The Labute approximate surface area is 133 Å². The average Bonchev–Trinajstić information content (AvgIpc) is 2.49.